The molecule has 5 aromatic rings. The second kappa shape index (κ2) is 18.3. The maximum atomic E-state index is 14.3. The third-order valence-electron chi connectivity index (χ3n) is 10.5. The van der Waals surface area contributed by atoms with Crippen molar-refractivity contribution in [3.63, 3.8) is 0 Å². The van der Waals surface area contributed by atoms with Crippen molar-refractivity contribution in [2.75, 3.05) is 20.3 Å². The second-order valence-corrected chi connectivity index (χ2v) is 14.2. The standard InChI is InChI=1S/C46H47NO9/c1-49-37-24-22-36(23-25-37)41-40-42(38(50-27-32-14-6-2-7-15-32)26-47(40)46(48)54-30-35-20-12-5-13-21-35)56-45-44(52-29-34-18-10-4-11-19-34)43(39(55-45)31-53-41)51-28-33-16-8-3-9-17-33/h2-25,38-45H,26-31H2,1H3/t38-,39+,40+,41-,42+,43-,44+,45-/m0/s1. The van der Waals surface area contributed by atoms with Crippen molar-refractivity contribution in [1.82, 2.24) is 4.90 Å². The van der Waals surface area contributed by atoms with E-state index in [-0.39, 0.29) is 19.8 Å². The normalized spacial score (nSPS) is 25.8. The van der Waals surface area contributed by atoms with Crippen molar-refractivity contribution in [2.45, 2.75) is 75.4 Å². The van der Waals surface area contributed by atoms with E-state index in [0.29, 0.717) is 25.6 Å². The van der Waals surface area contributed by atoms with Gasteiger partial charge in [-0.3, -0.25) is 4.90 Å². The summed E-state index contributed by atoms with van der Waals surface area (Å²) in [5.41, 5.74) is 4.75. The molecular formula is C46H47NO9. The number of amides is 1. The molecule has 8 atom stereocenters. The smallest absolute Gasteiger partial charge is 0.410 e. The first-order valence-corrected chi connectivity index (χ1v) is 19.1. The largest absolute Gasteiger partial charge is 0.497 e. The van der Waals surface area contributed by atoms with Crippen LogP contribution in [0.25, 0.3) is 0 Å². The lowest BCUT2D eigenvalue weighted by molar-refractivity contribution is -0.220. The lowest BCUT2D eigenvalue weighted by atomic mass is 9.96. The molecule has 0 N–H and O–H groups in total. The van der Waals surface area contributed by atoms with E-state index in [1.807, 2.05) is 146 Å². The third-order valence-corrected chi connectivity index (χ3v) is 10.5. The van der Waals surface area contributed by atoms with E-state index in [0.717, 1.165) is 27.8 Å². The molecule has 3 heterocycles. The topological polar surface area (TPSA) is 94.2 Å². The molecule has 3 saturated heterocycles. The highest BCUT2D eigenvalue weighted by Gasteiger charge is 2.57. The van der Waals surface area contributed by atoms with Crippen molar-refractivity contribution in [1.29, 1.82) is 0 Å². The van der Waals surface area contributed by atoms with Gasteiger partial charge in [0.05, 0.1) is 46.1 Å². The van der Waals surface area contributed by atoms with Crippen LogP contribution in [0.1, 0.15) is 33.9 Å². The van der Waals surface area contributed by atoms with Gasteiger partial charge >= 0.3 is 6.09 Å². The van der Waals surface area contributed by atoms with E-state index in [2.05, 4.69) is 0 Å². The average Bonchev–Trinajstić information content (AvgIpc) is 3.80. The molecule has 0 aromatic heterocycles. The molecule has 0 radical (unpaired) electrons. The fourth-order valence-corrected chi connectivity index (χ4v) is 7.63. The summed E-state index contributed by atoms with van der Waals surface area (Å²) in [4.78, 5) is 15.9. The predicted octanol–water partition coefficient (Wildman–Crippen LogP) is 7.65. The number of hydrogen-bond acceptors (Lipinski definition) is 9. The number of hydrogen-bond donors (Lipinski definition) is 0. The number of nitrogens with zero attached hydrogens (tertiary/aromatic N) is 1. The molecule has 0 saturated carbocycles. The fraction of sp³-hybridized carbons (Fsp3) is 0.326. The molecule has 0 spiro atoms. The summed E-state index contributed by atoms with van der Waals surface area (Å²) >= 11 is 0. The number of benzene rings is 5. The van der Waals surface area contributed by atoms with Gasteiger partial charge in [0.2, 0.25) is 0 Å². The summed E-state index contributed by atoms with van der Waals surface area (Å²) in [6.45, 7) is 1.44. The monoisotopic (exact) mass is 757 g/mol. The highest BCUT2D eigenvalue weighted by atomic mass is 16.7. The zero-order valence-corrected chi connectivity index (χ0v) is 31.3. The Morgan fingerprint density at radius 3 is 1.70 bits per heavy atom. The minimum Gasteiger partial charge on any atom is -0.497 e. The van der Waals surface area contributed by atoms with Crippen molar-refractivity contribution in [2.24, 2.45) is 0 Å². The molecule has 3 aliphatic heterocycles. The Morgan fingerprint density at radius 2 is 1.14 bits per heavy atom. The van der Waals surface area contributed by atoms with Crippen molar-refractivity contribution >= 4 is 6.09 Å². The van der Waals surface area contributed by atoms with Gasteiger partial charge in [0.1, 0.15) is 49.0 Å². The van der Waals surface area contributed by atoms with Crippen molar-refractivity contribution in [3.8, 4) is 5.75 Å². The summed E-state index contributed by atoms with van der Waals surface area (Å²) in [5.74, 6) is 0.703. The summed E-state index contributed by atoms with van der Waals surface area (Å²) in [5, 5.41) is 0. The Hall–Kier alpha value is -5.07. The van der Waals surface area contributed by atoms with Crippen LogP contribution < -0.4 is 4.74 Å². The van der Waals surface area contributed by atoms with E-state index in [4.69, 9.17) is 37.9 Å². The van der Waals surface area contributed by atoms with Crippen LogP contribution in [-0.4, -0.2) is 74.1 Å². The van der Waals surface area contributed by atoms with Gasteiger partial charge < -0.3 is 37.9 Å². The summed E-state index contributed by atoms with van der Waals surface area (Å²) in [6.07, 6.45) is -5.01. The molecule has 0 unspecified atom stereocenters. The fourth-order valence-electron chi connectivity index (χ4n) is 7.63. The molecule has 10 heteroatoms. The Labute approximate surface area is 327 Å². The summed E-state index contributed by atoms with van der Waals surface area (Å²) in [6, 6.07) is 46.6. The zero-order valence-electron chi connectivity index (χ0n) is 31.3. The van der Waals surface area contributed by atoms with E-state index >= 15 is 0 Å². The first kappa shape index (κ1) is 37.8. The number of rotatable bonds is 13. The van der Waals surface area contributed by atoms with Crippen LogP contribution >= 0.6 is 0 Å². The molecule has 290 valence electrons. The summed E-state index contributed by atoms with van der Waals surface area (Å²) < 4.78 is 52.3. The minimum atomic E-state index is -0.863. The zero-order chi connectivity index (χ0) is 38.1. The molecular weight excluding hydrogens is 711 g/mol. The molecule has 1 amide bonds. The third kappa shape index (κ3) is 8.97. The molecule has 5 aromatic carbocycles. The van der Waals surface area contributed by atoms with E-state index in [1.165, 1.54) is 0 Å². The van der Waals surface area contributed by atoms with Gasteiger partial charge in [0.25, 0.3) is 0 Å². The molecule has 0 aliphatic carbocycles. The van der Waals surface area contributed by atoms with Crippen LogP contribution in [0.5, 0.6) is 5.75 Å². The van der Waals surface area contributed by atoms with Gasteiger partial charge in [-0.05, 0) is 39.9 Å². The van der Waals surface area contributed by atoms with E-state index < -0.39 is 55.0 Å². The molecule has 3 fully saturated rings. The van der Waals surface area contributed by atoms with Gasteiger partial charge in [-0.2, -0.15) is 0 Å². The first-order valence-electron chi connectivity index (χ1n) is 19.1. The first-order chi connectivity index (χ1) is 27.6. The number of ether oxygens (including phenoxy) is 8. The Bertz CT molecular complexity index is 1950. The van der Waals surface area contributed by atoms with Crippen molar-refractivity contribution < 1.29 is 42.7 Å². The second-order valence-electron chi connectivity index (χ2n) is 14.2. The van der Waals surface area contributed by atoms with Gasteiger partial charge in [0, 0.05) is 0 Å². The Morgan fingerprint density at radius 1 is 0.625 bits per heavy atom. The molecule has 56 heavy (non-hydrogen) atoms. The highest BCUT2D eigenvalue weighted by molar-refractivity contribution is 5.69. The van der Waals surface area contributed by atoms with Crippen LogP contribution in [0, 0.1) is 0 Å². The van der Waals surface area contributed by atoms with Gasteiger partial charge in [0.15, 0.2) is 6.29 Å². The van der Waals surface area contributed by atoms with Crippen LogP contribution in [0.15, 0.2) is 146 Å². The van der Waals surface area contributed by atoms with Crippen LogP contribution in [0.2, 0.25) is 0 Å². The Balaban J connectivity index is 1.15. The lowest BCUT2D eigenvalue weighted by Crippen LogP contribution is -2.50. The average molecular weight is 758 g/mol. The van der Waals surface area contributed by atoms with E-state index in [9.17, 15) is 4.79 Å². The highest BCUT2D eigenvalue weighted by Crippen LogP contribution is 2.42. The number of carbonyl (C=O) groups is 1. The van der Waals surface area contributed by atoms with Gasteiger partial charge in [-0.1, -0.05) is 133 Å². The van der Waals surface area contributed by atoms with Gasteiger partial charge in [-0.25, -0.2) is 4.79 Å². The SMILES string of the molecule is COc1ccc([C@@H]2OC[C@H]3O[C@@H](O[C@H]4[C@@H]2N(C(=O)OCc2ccccc2)C[C@@H]4OCc2ccccc2)[C@H](OCc2ccccc2)[C@H]3OCc2ccccc2)cc1. The maximum absolute atomic E-state index is 14.3. The lowest BCUT2D eigenvalue weighted by Gasteiger charge is -2.36. The predicted molar refractivity (Wildman–Crippen MR) is 207 cm³/mol. The Kier molecular flexibility index (Phi) is 12.3. The minimum absolute atomic E-state index is 0.113. The number of fused-ring (bicyclic) bond motifs is 3. The van der Waals surface area contributed by atoms with Crippen molar-refractivity contribution in [3.05, 3.63) is 173 Å². The molecule has 8 rings (SSSR count). The van der Waals surface area contributed by atoms with Crippen LogP contribution in [0.4, 0.5) is 4.79 Å². The van der Waals surface area contributed by atoms with Crippen LogP contribution in [-0.2, 0) is 59.6 Å². The number of likely N-dealkylation sites (tertiary alicyclic amines) is 1. The maximum Gasteiger partial charge on any atom is 0.410 e. The van der Waals surface area contributed by atoms with Gasteiger partial charge in [-0.15, -0.1) is 0 Å². The van der Waals surface area contributed by atoms with E-state index in [1.54, 1.807) is 12.0 Å². The number of methoxy groups -OCH3 is 1. The van der Waals surface area contributed by atoms with Crippen LogP contribution in [0.3, 0.4) is 0 Å². The summed E-state index contributed by atoms with van der Waals surface area (Å²) in [7, 11) is 1.63. The quantitative estimate of drug-likeness (QED) is 0.120. The number of carbonyl (C=O) groups excluding carboxylic acids is 1. The molecule has 10 nitrogen and oxygen atoms in total. The molecule has 3 aliphatic rings. The molecule has 2 bridgehead atoms.